The van der Waals surface area contributed by atoms with Gasteiger partial charge in [0.1, 0.15) is 23.1 Å². The van der Waals surface area contributed by atoms with Gasteiger partial charge in [-0.1, -0.05) is 0 Å². The molecule has 5 aromatic carbocycles. The summed E-state index contributed by atoms with van der Waals surface area (Å²) in [5.74, 6) is 0.104. The Bertz CT molecular complexity index is 1740. The molecule has 0 radical (unpaired) electrons. The van der Waals surface area contributed by atoms with Crippen LogP contribution >= 0.6 is 0 Å². The number of hydrogen-bond donors (Lipinski definition) is 0. The fraction of sp³-hybridized carbons (Fsp3) is 0.0769. The molecule has 7 rings (SSSR count). The standard InChI is InChI=1S/C26H14F2N2O2/c1-31-17-5-13-9-29-7-11-4-16(28)22-24-18(32-2)6-14-10-30-8-12-3-15(27)21(26(24)20(12)14)23(17)25(22)19(11)13/h3-10H,1-2H3. The van der Waals surface area contributed by atoms with Gasteiger partial charge in [-0.25, -0.2) is 8.78 Å². The molecule has 0 unspecified atom stereocenters. The highest BCUT2D eigenvalue weighted by Gasteiger charge is 2.26. The average Bonchev–Trinajstić information content (AvgIpc) is 2.80. The number of methoxy groups -OCH3 is 2. The van der Waals surface area contributed by atoms with E-state index in [-0.39, 0.29) is 0 Å². The number of halogens is 2. The topological polar surface area (TPSA) is 44.2 Å². The van der Waals surface area contributed by atoms with E-state index in [1.54, 1.807) is 24.8 Å². The molecule has 154 valence electrons. The fourth-order valence-electron chi connectivity index (χ4n) is 5.39. The summed E-state index contributed by atoms with van der Waals surface area (Å²) < 4.78 is 43.0. The van der Waals surface area contributed by atoms with Crippen LogP contribution in [-0.2, 0) is 0 Å². The van der Waals surface area contributed by atoms with Crippen LogP contribution in [0.4, 0.5) is 8.78 Å². The third-order valence-corrected chi connectivity index (χ3v) is 6.56. The molecule has 0 spiro atoms. The number of hydrogen-bond acceptors (Lipinski definition) is 4. The van der Waals surface area contributed by atoms with Crippen molar-refractivity contribution in [3.05, 3.63) is 60.7 Å². The highest BCUT2D eigenvalue weighted by molar-refractivity contribution is 6.41. The second-order valence-corrected chi connectivity index (χ2v) is 8.05. The third kappa shape index (κ3) is 1.91. The molecule has 32 heavy (non-hydrogen) atoms. The van der Waals surface area contributed by atoms with Crippen molar-refractivity contribution in [2.24, 2.45) is 0 Å². The predicted molar refractivity (Wildman–Crippen MR) is 122 cm³/mol. The molecule has 2 aromatic heterocycles. The van der Waals surface area contributed by atoms with Crippen LogP contribution in [0.2, 0.25) is 0 Å². The Kier molecular flexibility index (Phi) is 3.19. The van der Waals surface area contributed by atoms with E-state index in [9.17, 15) is 0 Å². The lowest BCUT2D eigenvalue weighted by Crippen LogP contribution is -1.99. The second kappa shape index (κ2) is 5.79. The van der Waals surface area contributed by atoms with Crippen molar-refractivity contribution in [2.45, 2.75) is 0 Å². The second-order valence-electron chi connectivity index (χ2n) is 8.05. The maximum Gasteiger partial charge on any atom is 0.132 e. The van der Waals surface area contributed by atoms with E-state index in [2.05, 4.69) is 9.97 Å². The minimum atomic E-state index is -0.417. The number of ether oxygens (including phenoxy) is 2. The summed E-state index contributed by atoms with van der Waals surface area (Å²) in [6.07, 6.45) is 6.68. The van der Waals surface area contributed by atoms with Gasteiger partial charge in [0, 0.05) is 89.4 Å². The zero-order valence-electron chi connectivity index (χ0n) is 17.1. The van der Waals surface area contributed by atoms with E-state index in [1.165, 1.54) is 26.4 Å². The number of rotatable bonds is 2. The van der Waals surface area contributed by atoms with E-state index >= 15 is 8.78 Å². The van der Waals surface area contributed by atoms with E-state index in [1.807, 2.05) is 12.1 Å². The van der Waals surface area contributed by atoms with Gasteiger partial charge < -0.3 is 9.47 Å². The summed E-state index contributed by atoms with van der Waals surface area (Å²) >= 11 is 0. The lowest BCUT2D eigenvalue weighted by Gasteiger charge is -2.21. The molecular weight excluding hydrogens is 410 g/mol. The van der Waals surface area contributed by atoms with Crippen LogP contribution < -0.4 is 9.47 Å². The minimum absolute atomic E-state index is 0.387. The Hall–Kier alpha value is -4.06. The fourth-order valence-corrected chi connectivity index (χ4v) is 5.39. The molecule has 0 fully saturated rings. The van der Waals surface area contributed by atoms with Gasteiger partial charge >= 0.3 is 0 Å². The van der Waals surface area contributed by atoms with Crippen molar-refractivity contribution < 1.29 is 18.3 Å². The summed E-state index contributed by atoms with van der Waals surface area (Å²) in [6, 6.07) is 6.64. The molecule has 4 nitrogen and oxygen atoms in total. The van der Waals surface area contributed by atoms with Crippen molar-refractivity contribution in [2.75, 3.05) is 14.2 Å². The molecule has 0 N–H and O–H groups in total. The maximum atomic E-state index is 15.8. The molecule has 0 atom stereocenters. The number of aromatic nitrogens is 2. The first-order valence-corrected chi connectivity index (χ1v) is 10.1. The van der Waals surface area contributed by atoms with Crippen molar-refractivity contribution in [1.29, 1.82) is 0 Å². The molecule has 0 amide bonds. The Balaban J connectivity index is 2.00. The van der Waals surface area contributed by atoms with Crippen LogP contribution in [0.3, 0.4) is 0 Å². The first-order valence-electron chi connectivity index (χ1n) is 10.1. The van der Waals surface area contributed by atoms with Gasteiger partial charge in [0.25, 0.3) is 0 Å². The summed E-state index contributed by atoms with van der Waals surface area (Å²) in [4.78, 5) is 8.50. The summed E-state index contributed by atoms with van der Waals surface area (Å²) in [6.45, 7) is 0. The van der Waals surface area contributed by atoms with Crippen LogP contribution in [-0.4, -0.2) is 24.2 Å². The quantitative estimate of drug-likeness (QED) is 0.233. The van der Waals surface area contributed by atoms with Gasteiger partial charge in [-0.05, 0) is 24.3 Å². The Morgan fingerprint density at radius 2 is 0.875 bits per heavy atom. The molecule has 0 saturated heterocycles. The van der Waals surface area contributed by atoms with Gasteiger partial charge in [-0.3, -0.25) is 9.97 Å². The summed E-state index contributed by atoms with van der Waals surface area (Å²) in [7, 11) is 3.08. The first-order chi connectivity index (χ1) is 15.6. The molecule has 0 aliphatic heterocycles. The van der Waals surface area contributed by atoms with Gasteiger partial charge in [-0.2, -0.15) is 0 Å². The van der Waals surface area contributed by atoms with Crippen LogP contribution in [0, 0.1) is 11.6 Å². The molecule has 6 heteroatoms. The minimum Gasteiger partial charge on any atom is -0.496 e. The van der Waals surface area contributed by atoms with Crippen LogP contribution in [0.15, 0.2) is 49.1 Å². The lowest BCUT2D eigenvalue weighted by molar-refractivity contribution is 0.420. The van der Waals surface area contributed by atoms with E-state index in [0.29, 0.717) is 54.6 Å². The normalized spacial score (nSPS) is 12.4. The maximum absolute atomic E-state index is 15.8. The predicted octanol–water partition coefficient (Wildman–Crippen LogP) is 6.57. The van der Waals surface area contributed by atoms with Crippen LogP contribution in [0.1, 0.15) is 0 Å². The highest BCUT2D eigenvalue weighted by Crippen LogP contribution is 2.52. The smallest absolute Gasteiger partial charge is 0.132 e. The Morgan fingerprint density at radius 1 is 0.500 bits per heavy atom. The largest absolute Gasteiger partial charge is 0.496 e. The van der Waals surface area contributed by atoms with Crippen molar-refractivity contribution in [3.63, 3.8) is 0 Å². The number of benzene rings is 5. The van der Waals surface area contributed by atoms with Crippen molar-refractivity contribution in [1.82, 2.24) is 9.97 Å². The molecule has 0 aliphatic rings. The Morgan fingerprint density at radius 3 is 1.25 bits per heavy atom. The van der Waals surface area contributed by atoms with E-state index in [0.717, 1.165) is 21.5 Å². The van der Waals surface area contributed by atoms with Crippen LogP contribution in [0.25, 0.3) is 64.6 Å². The SMILES string of the molecule is COc1cc2cncc3cc(F)c4c5c(OC)cc6cncc7cc(F)c(c1c4c32)c5c76. The molecule has 0 bridgehead atoms. The third-order valence-electron chi connectivity index (χ3n) is 6.56. The average molecular weight is 424 g/mol. The van der Waals surface area contributed by atoms with Crippen molar-refractivity contribution >= 4 is 64.6 Å². The van der Waals surface area contributed by atoms with Gasteiger partial charge in [0.2, 0.25) is 0 Å². The number of pyridine rings is 2. The van der Waals surface area contributed by atoms with Gasteiger partial charge in [-0.15, -0.1) is 0 Å². The number of fused-ring (bicyclic) bond motifs is 2. The lowest BCUT2D eigenvalue weighted by atomic mass is 9.85. The van der Waals surface area contributed by atoms with Gasteiger partial charge in [0.15, 0.2) is 0 Å². The zero-order valence-corrected chi connectivity index (χ0v) is 17.1. The molecule has 2 heterocycles. The molecular formula is C26H14F2N2O2. The monoisotopic (exact) mass is 424 g/mol. The van der Waals surface area contributed by atoms with E-state index in [4.69, 9.17) is 9.47 Å². The highest BCUT2D eigenvalue weighted by atomic mass is 19.1. The molecule has 7 aromatic rings. The zero-order chi connectivity index (χ0) is 21.7. The molecule has 0 aliphatic carbocycles. The van der Waals surface area contributed by atoms with Crippen molar-refractivity contribution in [3.8, 4) is 11.5 Å². The first kappa shape index (κ1) is 17.6. The van der Waals surface area contributed by atoms with Gasteiger partial charge in [0.05, 0.1) is 14.2 Å². The number of nitrogens with zero attached hydrogens (tertiary/aromatic N) is 2. The Labute approximate surface area is 179 Å². The molecule has 0 saturated carbocycles. The van der Waals surface area contributed by atoms with E-state index < -0.39 is 11.6 Å². The summed E-state index contributed by atoms with van der Waals surface area (Å²) in [5, 5.41) is 7.62. The summed E-state index contributed by atoms with van der Waals surface area (Å²) in [5.41, 5.74) is 0. The van der Waals surface area contributed by atoms with Crippen LogP contribution in [0.5, 0.6) is 11.5 Å².